The average Bonchev–Trinajstić information content (AvgIpc) is 2.15. The molecule has 0 fully saturated rings. The highest BCUT2D eigenvalue weighted by Gasteiger charge is 1.97. The Hall–Kier alpha value is -0.780. The molecule has 0 spiro atoms. The van der Waals surface area contributed by atoms with E-state index in [2.05, 4.69) is 58.2 Å². The van der Waals surface area contributed by atoms with Gasteiger partial charge < -0.3 is 5.32 Å². The molecule has 0 aliphatic heterocycles. The van der Waals surface area contributed by atoms with E-state index in [1.165, 1.54) is 11.1 Å². The summed E-state index contributed by atoms with van der Waals surface area (Å²) < 4.78 is 1.13. The van der Waals surface area contributed by atoms with E-state index in [1.54, 1.807) is 0 Å². The maximum atomic E-state index is 3.45. The van der Waals surface area contributed by atoms with E-state index in [-0.39, 0.29) is 0 Å². The van der Waals surface area contributed by atoms with Gasteiger partial charge in [0.2, 0.25) is 0 Å². The molecule has 74 valence electrons. The molecule has 0 aliphatic carbocycles. The number of rotatable bonds is 3. The summed E-state index contributed by atoms with van der Waals surface area (Å²) in [4.78, 5) is 0. The molecule has 0 bridgehead atoms. The predicted octanol–water partition coefficient (Wildman–Crippen LogP) is 2.87. The summed E-state index contributed by atoms with van der Waals surface area (Å²) in [5.74, 6) is 5.84. The first-order chi connectivity index (χ1) is 6.74. The number of nitrogens with one attached hydrogen (secondary N) is 1. The molecule has 0 aromatic heterocycles. The minimum absolute atomic E-state index is 0.756. The van der Waals surface area contributed by atoms with Crippen LogP contribution >= 0.6 is 15.9 Å². The quantitative estimate of drug-likeness (QED) is 0.644. The largest absolute Gasteiger partial charge is 0.302 e. The first-order valence-electron chi connectivity index (χ1n) is 4.59. The lowest BCUT2D eigenvalue weighted by Crippen LogP contribution is -2.13. The smallest absolute Gasteiger partial charge is 0.0579 e. The fourth-order valence-corrected chi connectivity index (χ4v) is 1.68. The molecule has 0 saturated heterocycles. The van der Waals surface area contributed by atoms with Crippen LogP contribution in [-0.2, 0) is 6.54 Å². The average molecular weight is 252 g/mol. The van der Waals surface area contributed by atoms with Crippen molar-refractivity contribution >= 4 is 15.9 Å². The minimum atomic E-state index is 0.756. The van der Waals surface area contributed by atoms with E-state index in [0.29, 0.717) is 0 Å². The van der Waals surface area contributed by atoms with Crippen molar-refractivity contribution in [2.75, 3.05) is 6.54 Å². The van der Waals surface area contributed by atoms with Crippen molar-refractivity contribution < 1.29 is 0 Å². The van der Waals surface area contributed by atoms with Gasteiger partial charge in [0.25, 0.3) is 0 Å². The fraction of sp³-hybridized carbons (Fsp3) is 0.333. The van der Waals surface area contributed by atoms with Crippen LogP contribution in [0.4, 0.5) is 0 Å². The van der Waals surface area contributed by atoms with Crippen LogP contribution < -0.4 is 5.32 Å². The van der Waals surface area contributed by atoms with Crippen molar-refractivity contribution in [3.8, 4) is 11.8 Å². The van der Waals surface area contributed by atoms with E-state index in [1.807, 2.05) is 6.92 Å². The van der Waals surface area contributed by atoms with Crippen LogP contribution in [0.15, 0.2) is 22.7 Å². The van der Waals surface area contributed by atoms with E-state index in [9.17, 15) is 0 Å². The van der Waals surface area contributed by atoms with E-state index < -0.39 is 0 Å². The maximum absolute atomic E-state index is 3.45. The van der Waals surface area contributed by atoms with Crippen LogP contribution in [0, 0.1) is 18.8 Å². The van der Waals surface area contributed by atoms with E-state index in [4.69, 9.17) is 0 Å². The van der Waals surface area contributed by atoms with Crippen molar-refractivity contribution in [1.82, 2.24) is 5.32 Å². The molecular formula is C12H14BrN. The number of hydrogen-bond acceptors (Lipinski definition) is 1. The Morgan fingerprint density at radius 2 is 2.21 bits per heavy atom. The zero-order chi connectivity index (χ0) is 10.4. The summed E-state index contributed by atoms with van der Waals surface area (Å²) in [7, 11) is 0. The topological polar surface area (TPSA) is 12.0 Å². The van der Waals surface area contributed by atoms with Crippen LogP contribution in [0.3, 0.4) is 0 Å². The predicted molar refractivity (Wildman–Crippen MR) is 64.0 cm³/mol. The number of aryl methyl sites for hydroxylation is 1. The fourth-order valence-electron chi connectivity index (χ4n) is 1.21. The standard InChI is InChI=1S/C12H14BrN/c1-3-4-7-14-9-11-5-6-12(13)8-10(11)2/h5-6,8,14H,7,9H2,1-2H3. The van der Waals surface area contributed by atoms with Gasteiger partial charge in [-0.25, -0.2) is 0 Å². The Morgan fingerprint density at radius 1 is 1.43 bits per heavy atom. The van der Waals surface area contributed by atoms with Crippen LogP contribution in [0.1, 0.15) is 18.1 Å². The second kappa shape index (κ2) is 5.85. The molecule has 1 aromatic carbocycles. The lowest BCUT2D eigenvalue weighted by atomic mass is 10.1. The Kier molecular flexibility index (Phi) is 4.72. The van der Waals surface area contributed by atoms with Crippen LogP contribution in [0.2, 0.25) is 0 Å². The highest BCUT2D eigenvalue weighted by Crippen LogP contribution is 2.15. The van der Waals surface area contributed by atoms with E-state index >= 15 is 0 Å². The third-order valence-corrected chi connectivity index (χ3v) is 2.50. The maximum Gasteiger partial charge on any atom is 0.0579 e. The second-order valence-corrected chi connectivity index (χ2v) is 4.02. The lowest BCUT2D eigenvalue weighted by molar-refractivity contribution is 0.765. The van der Waals surface area contributed by atoms with Crippen LogP contribution in [-0.4, -0.2) is 6.54 Å². The molecule has 2 heteroatoms. The van der Waals surface area contributed by atoms with Crippen molar-refractivity contribution in [2.45, 2.75) is 20.4 Å². The van der Waals surface area contributed by atoms with Gasteiger partial charge in [-0.1, -0.05) is 27.9 Å². The van der Waals surface area contributed by atoms with Crippen molar-refractivity contribution in [3.05, 3.63) is 33.8 Å². The highest BCUT2D eigenvalue weighted by atomic mass is 79.9. The molecule has 14 heavy (non-hydrogen) atoms. The summed E-state index contributed by atoms with van der Waals surface area (Å²) in [6.45, 7) is 5.61. The highest BCUT2D eigenvalue weighted by molar-refractivity contribution is 9.10. The van der Waals surface area contributed by atoms with Crippen molar-refractivity contribution in [3.63, 3.8) is 0 Å². The van der Waals surface area contributed by atoms with Gasteiger partial charge in [-0.05, 0) is 37.1 Å². The van der Waals surface area contributed by atoms with Gasteiger partial charge in [0.05, 0.1) is 6.54 Å². The Balaban J connectivity index is 2.53. The Morgan fingerprint density at radius 3 is 2.86 bits per heavy atom. The van der Waals surface area contributed by atoms with Gasteiger partial charge in [-0.2, -0.15) is 0 Å². The molecule has 1 N–H and O–H groups in total. The zero-order valence-corrected chi connectivity index (χ0v) is 10.1. The third-order valence-electron chi connectivity index (χ3n) is 2.01. The first kappa shape index (κ1) is 11.3. The first-order valence-corrected chi connectivity index (χ1v) is 5.38. The molecule has 0 heterocycles. The third kappa shape index (κ3) is 3.53. The van der Waals surface area contributed by atoms with Gasteiger partial charge >= 0.3 is 0 Å². The summed E-state index contributed by atoms with van der Waals surface area (Å²) in [5, 5.41) is 3.27. The second-order valence-electron chi connectivity index (χ2n) is 3.10. The molecule has 0 radical (unpaired) electrons. The van der Waals surface area contributed by atoms with Gasteiger partial charge in [0.1, 0.15) is 0 Å². The number of hydrogen-bond donors (Lipinski definition) is 1. The number of benzene rings is 1. The van der Waals surface area contributed by atoms with Gasteiger partial charge in [0, 0.05) is 11.0 Å². The van der Waals surface area contributed by atoms with Gasteiger partial charge in [0.15, 0.2) is 0 Å². The molecule has 0 atom stereocenters. The summed E-state index contributed by atoms with van der Waals surface area (Å²) in [5.41, 5.74) is 2.63. The molecule has 0 unspecified atom stereocenters. The van der Waals surface area contributed by atoms with Crippen molar-refractivity contribution in [1.29, 1.82) is 0 Å². The molecule has 1 rings (SSSR count). The van der Waals surface area contributed by atoms with Crippen LogP contribution in [0.5, 0.6) is 0 Å². The molecule has 1 nitrogen and oxygen atoms in total. The minimum Gasteiger partial charge on any atom is -0.302 e. The SMILES string of the molecule is CC#CCNCc1ccc(Br)cc1C. The van der Waals surface area contributed by atoms with E-state index in [0.717, 1.165) is 17.6 Å². The summed E-state index contributed by atoms with van der Waals surface area (Å²) >= 11 is 3.45. The van der Waals surface area contributed by atoms with Crippen LogP contribution in [0.25, 0.3) is 0 Å². The normalized spacial score (nSPS) is 9.36. The molecule has 1 aromatic rings. The number of halogens is 1. The van der Waals surface area contributed by atoms with Gasteiger partial charge in [-0.15, -0.1) is 5.92 Å². The Labute approximate surface area is 94.0 Å². The molecular weight excluding hydrogens is 238 g/mol. The lowest BCUT2D eigenvalue weighted by Gasteiger charge is -2.05. The summed E-state index contributed by atoms with van der Waals surface area (Å²) in [6.07, 6.45) is 0. The molecule has 0 saturated carbocycles. The Bertz CT molecular complexity index is 360. The van der Waals surface area contributed by atoms with Gasteiger partial charge in [-0.3, -0.25) is 0 Å². The molecule has 0 amide bonds. The van der Waals surface area contributed by atoms with Crippen molar-refractivity contribution in [2.24, 2.45) is 0 Å². The summed E-state index contributed by atoms with van der Waals surface area (Å²) in [6, 6.07) is 6.32. The monoisotopic (exact) mass is 251 g/mol. The molecule has 0 aliphatic rings. The zero-order valence-electron chi connectivity index (χ0n) is 8.52.